The fourth-order valence-electron chi connectivity index (χ4n) is 2.64. The molecule has 3 aromatic rings. The van der Waals surface area contributed by atoms with Gasteiger partial charge in [0.2, 0.25) is 0 Å². The first-order chi connectivity index (χ1) is 11.7. The van der Waals surface area contributed by atoms with Crippen molar-refractivity contribution in [2.45, 2.75) is 19.3 Å². The molecule has 0 unspecified atom stereocenters. The zero-order valence-electron chi connectivity index (χ0n) is 13.7. The van der Waals surface area contributed by atoms with Crippen LogP contribution >= 0.6 is 0 Å². The zero-order chi connectivity index (χ0) is 16.8. The van der Waals surface area contributed by atoms with E-state index in [4.69, 9.17) is 9.52 Å². The summed E-state index contributed by atoms with van der Waals surface area (Å²) in [4.78, 5) is 10.7. The third-order valence-electron chi connectivity index (χ3n) is 3.82. The van der Waals surface area contributed by atoms with E-state index in [1.54, 1.807) is 0 Å². The maximum atomic E-state index is 10.7. The predicted octanol–water partition coefficient (Wildman–Crippen LogP) is 2.31. The van der Waals surface area contributed by atoms with Crippen LogP contribution in [0.5, 0.6) is 0 Å². The highest BCUT2D eigenvalue weighted by atomic mass is 127. The van der Waals surface area contributed by atoms with Crippen LogP contribution in [0.25, 0.3) is 22.5 Å². The molecule has 0 spiro atoms. The predicted molar refractivity (Wildman–Crippen MR) is 94.6 cm³/mol. The van der Waals surface area contributed by atoms with Gasteiger partial charge in [-0.25, -0.2) is 4.42 Å². The summed E-state index contributed by atoms with van der Waals surface area (Å²) in [5, 5.41) is 8.83. The molecule has 0 bridgehead atoms. The van der Waals surface area contributed by atoms with Gasteiger partial charge >= 0.3 is 17.5 Å². The molecular weight excluding hydrogens is 427 g/mol. The van der Waals surface area contributed by atoms with Crippen LogP contribution in [0.15, 0.2) is 77.2 Å². The molecule has 0 amide bonds. The quantitative estimate of drug-likeness (QED) is 0.467. The SMILES string of the molecule is O=C(O)CCCc1cc(-c2ccccc2)cc(-c2ccccc2)[o+]1.[I-]. The minimum absolute atomic E-state index is 0. The molecule has 3 nitrogen and oxygen atoms in total. The van der Waals surface area contributed by atoms with Crippen molar-refractivity contribution in [1.29, 1.82) is 0 Å². The lowest BCUT2D eigenvalue weighted by atomic mass is 10.0. The van der Waals surface area contributed by atoms with Gasteiger partial charge < -0.3 is 29.1 Å². The molecule has 0 aliphatic heterocycles. The zero-order valence-corrected chi connectivity index (χ0v) is 15.8. The highest BCUT2D eigenvalue weighted by molar-refractivity contribution is 5.70. The number of halogens is 1. The van der Waals surface area contributed by atoms with E-state index >= 15 is 0 Å². The lowest BCUT2D eigenvalue weighted by Crippen LogP contribution is -3.00. The molecule has 25 heavy (non-hydrogen) atoms. The van der Waals surface area contributed by atoms with Crippen molar-refractivity contribution < 1.29 is 38.3 Å². The van der Waals surface area contributed by atoms with E-state index in [9.17, 15) is 4.79 Å². The van der Waals surface area contributed by atoms with Gasteiger partial charge in [-0.05, 0) is 24.1 Å². The Hall–Kier alpha value is -2.21. The van der Waals surface area contributed by atoms with E-state index in [2.05, 4.69) is 12.1 Å². The fraction of sp³-hybridized carbons (Fsp3) is 0.143. The second-order valence-electron chi connectivity index (χ2n) is 5.66. The van der Waals surface area contributed by atoms with E-state index in [-0.39, 0.29) is 30.4 Å². The smallest absolute Gasteiger partial charge is 0.360 e. The number of aliphatic carboxylic acids is 1. The van der Waals surface area contributed by atoms with Crippen molar-refractivity contribution >= 4 is 5.97 Å². The maximum Gasteiger partial charge on any atom is 0.360 e. The van der Waals surface area contributed by atoms with Crippen molar-refractivity contribution in [3.63, 3.8) is 0 Å². The van der Waals surface area contributed by atoms with Gasteiger partial charge in [0.1, 0.15) is 0 Å². The topological polar surface area (TPSA) is 48.6 Å². The second-order valence-corrected chi connectivity index (χ2v) is 5.66. The number of hydrogen-bond donors (Lipinski definition) is 1. The monoisotopic (exact) mass is 446 g/mol. The highest BCUT2D eigenvalue weighted by Crippen LogP contribution is 2.28. The summed E-state index contributed by atoms with van der Waals surface area (Å²) < 4.78 is 6.01. The van der Waals surface area contributed by atoms with E-state index in [0.717, 1.165) is 28.2 Å². The largest absolute Gasteiger partial charge is 1.00 e. The Morgan fingerprint density at radius 3 is 2.04 bits per heavy atom. The molecule has 3 rings (SSSR count). The van der Waals surface area contributed by atoms with E-state index in [0.29, 0.717) is 12.8 Å². The van der Waals surface area contributed by atoms with Crippen LogP contribution in [0.1, 0.15) is 18.6 Å². The van der Waals surface area contributed by atoms with E-state index < -0.39 is 5.97 Å². The van der Waals surface area contributed by atoms with Gasteiger partial charge in [0, 0.05) is 18.1 Å². The molecular formula is C21H19IO3. The van der Waals surface area contributed by atoms with Gasteiger partial charge in [-0.2, -0.15) is 0 Å². The van der Waals surface area contributed by atoms with Crippen molar-refractivity contribution in [3.8, 4) is 22.5 Å². The number of rotatable bonds is 6. The lowest BCUT2D eigenvalue weighted by Gasteiger charge is -2.01. The van der Waals surface area contributed by atoms with Crippen LogP contribution in [0.2, 0.25) is 0 Å². The van der Waals surface area contributed by atoms with Gasteiger partial charge in [-0.3, -0.25) is 4.79 Å². The Morgan fingerprint density at radius 1 is 0.840 bits per heavy atom. The summed E-state index contributed by atoms with van der Waals surface area (Å²) in [5.74, 6) is 0.816. The Bertz CT molecular complexity index is 759. The number of hydrogen-bond acceptors (Lipinski definition) is 1. The van der Waals surface area contributed by atoms with Crippen LogP contribution in [0.4, 0.5) is 0 Å². The average molecular weight is 446 g/mol. The van der Waals surface area contributed by atoms with Gasteiger partial charge in [-0.1, -0.05) is 48.5 Å². The van der Waals surface area contributed by atoms with Crippen LogP contribution < -0.4 is 24.0 Å². The molecule has 0 saturated heterocycles. The summed E-state index contributed by atoms with van der Waals surface area (Å²) in [6.07, 6.45) is 1.31. The first-order valence-electron chi connectivity index (χ1n) is 8.02. The normalized spacial score (nSPS) is 10.1. The molecule has 1 aromatic heterocycles. The van der Waals surface area contributed by atoms with Gasteiger partial charge in [0.05, 0.1) is 18.1 Å². The first-order valence-corrected chi connectivity index (χ1v) is 8.02. The Morgan fingerprint density at radius 2 is 1.44 bits per heavy atom. The number of carbonyl (C=O) groups is 1. The molecule has 128 valence electrons. The lowest BCUT2D eigenvalue weighted by molar-refractivity contribution is -0.137. The third kappa shape index (κ3) is 5.39. The summed E-state index contributed by atoms with van der Waals surface area (Å²) in [6.45, 7) is 0. The average Bonchev–Trinajstić information content (AvgIpc) is 2.63. The van der Waals surface area contributed by atoms with Crippen LogP contribution in [0, 0.1) is 0 Å². The molecule has 2 aromatic carbocycles. The number of carboxylic acids is 1. The van der Waals surface area contributed by atoms with Crippen LogP contribution in [0.3, 0.4) is 0 Å². The van der Waals surface area contributed by atoms with Crippen molar-refractivity contribution in [3.05, 3.63) is 78.6 Å². The van der Waals surface area contributed by atoms with Crippen molar-refractivity contribution in [2.75, 3.05) is 0 Å². The maximum absolute atomic E-state index is 10.7. The molecule has 0 aliphatic rings. The van der Waals surface area contributed by atoms with Gasteiger partial charge in [0.25, 0.3) is 0 Å². The molecule has 1 N–H and O–H groups in total. The Labute approximate surface area is 164 Å². The second kappa shape index (κ2) is 9.32. The molecule has 0 saturated carbocycles. The fourth-order valence-corrected chi connectivity index (χ4v) is 2.64. The Balaban J connectivity index is 0.00000225. The van der Waals surface area contributed by atoms with Gasteiger partial charge in [0.15, 0.2) is 0 Å². The Kier molecular flexibility index (Phi) is 7.13. The molecule has 0 radical (unpaired) electrons. The number of aryl methyl sites for hydroxylation is 1. The standard InChI is InChI=1S/C21H18O3.HI/c22-21(23)13-7-12-19-14-18(16-8-3-1-4-9-16)15-20(24-19)17-10-5-2-6-11-17;/h1-6,8-11,14-15H,7,12-13H2;1H. The van der Waals surface area contributed by atoms with Crippen molar-refractivity contribution in [2.24, 2.45) is 0 Å². The number of benzene rings is 2. The third-order valence-corrected chi connectivity index (χ3v) is 3.82. The summed E-state index contributed by atoms with van der Waals surface area (Å²) in [6, 6.07) is 24.1. The molecule has 0 aliphatic carbocycles. The van der Waals surface area contributed by atoms with Crippen LogP contribution in [-0.2, 0) is 11.2 Å². The van der Waals surface area contributed by atoms with Gasteiger partial charge in [-0.15, -0.1) is 0 Å². The van der Waals surface area contributed by atoms with E-state index in [1.807, 2.05) is 60.7 Å². The van der Waals surface area contributed by atoms with Crippen LogP contribution in [-0.4, -0.2) is 11.1 Å². The molecule has 0 fully saturated rings. The summed E-state index contributed by atoms with van der Waals surface area (Å²) in [5.41, 5.74) is 3.20. The minimum atomic E-state index is -0.780. The van der Waals surface area contributed by atoms with Crippen molar-refractivity contribution in [1.82, 2.24) is 0 Å². The minimum Gasteiger partial charge on any atom is -1.00 e. The number of carboxylic acid groups (broad SMARTS) is 1. The molecule has 4 heteroatoms. The van der Waals surface area contributed by atoms with E-state index in [1.165, 1.54) is 0 Å². The highest BCUT2D eigenvalue weighted by Gasteiger charge is 2.18. The summed E-state index contributed by atoms with van der Waals surface area (Å²) in [7, 11) is 0. The summed E-state index contributed by atoms with van der Waals surface area (Å²) >= 11 is 0. The molecule has 1 heterocycles. The molecule has 0 atom stereocenters. The first kappa shape index (κ1) is 19.1.